The van der Waals surface area contributed by atoms with Crippen molar-refractivity contribution in [3.63, 3.8) is 0 Å². The summed E-state index contributed by atoms with van der Waals surface area (Å²) in [5, 5.41) is 3.98. The molecule has 1 N–H and O–H groups in total. The summed E-state index contributed by atoms with van der Waals surface area (Å²) >= 11 is 3.90. The van der Waals surface area contributed by atoms with E-state index in [1.54, 1.807) is 19.2 Å². The minimum absolute atomic E-state index is 0.138. The summed E-state index contributed by atoms with van der Waals surface area (Å²) in [5.74, 6) is 4.26. The molecule has 0 atom stereocenters. The van der Waals surface area contributed by atoms with Gasteiger partial charge in [-0.15, -0.1) is 23.5 Å². The highest BCUT2D eigenvalue weighted by molar-refractivity contribution is 8.19. The molecule has 1 fully saturated rings. The van der Waals surface area contributed by atoms with Gasteiger partial charge in [-0.2, -0.15) is 5.10 Å². The van der Waals surface area contributed by atoms with Crippen molar-refractivity contribution in [3.05, 3.63) is 47.5 Å². The number of rotatable bonds is 9. The third-order valence-electron chi connectivity index (χ3n) is 4.28. The first-order chi connectivity index (χ1) is 14.6. The molecule has 7 nitrogen and oxygen atoms in total. The Morgan fingerprint density at radius 2 is 1.67 bits per heavy atom. The van der Waals surface area contributed by atoms with Crippen LogP contribution in [0.1, 0.15) is 15.7 Å². The van der Waals surface area contributed by atoms with Gasteiger partial charge in [0.05, 0.1) is 37.7 Å². The largest absolute Gasteiger partial charge is 0.496 e. The molecular weight excluding hydrogens is 424 g/mol. The number of ether oxygens (including phenoxy) is 4. The van der Waals surface area contributed by atoms with Gasteiger partial charge in [0.1, 0.15) is 23.0 Å². The summed E-state index contributed by atoms with van der Waals surface area (Å²) in [7, 11) is 4.63. The fraction of sp³-hybridized carbons (Fsp3) is 0.333. The molecule has 0 bridgehead atoms. The van der Waals surface area contributed by atoms with E-state index in [9.17, 15) is 4.79 Å². The number of carbonyl (C=O) groups is 1. The smallest absolute Gasteiger partial charge is 0.277 e. The Hall–Kier alpha value is -2.52. The number of nitrogens with zero attached hydrogens (tertiary/aromatic N) is 1. The zero-order chi connectivity index (χ0) is 21.3. The number of hydrazone groups is 1. The molecule has 0 unspecified atom stereocenters. The Morgan fingerprint density at radius 3 is 2.23 bits per heavy atom. The topological polar surface area (TPSA) is 78.4 Å². The number of hydrogen-bond acceptors (Lipinski definition) is 8. The fourth-order valence-corrected chi connectivity index (χ4v) is 5.64. The fourth-order valence-electron chi connectivity index (χ4n) is 2.78. The molecule has 3 rings (SSSR count). The van der Waals surface area contributed by atoms with E-state index in [1.165, 1.54) is 37.5 Å². The van der Waals surface area contributed by atoms with E-state index >= 15 is 0 Å². The second kappa shape index (κ2) is 11.0. The SMILES string of the molecule is COc1cc(OC)c(/C=N\NC(=O)COc2ccc(C3SCCS3)cc2)c(OC)c1. The molecule has 2 aromatic carbocycles. The number of amides is 1. The Balaban J connectivity index is 1.54. The maximum atomic E-state index is 12.1. The Bertz CT molecular complexity index is 858. The van der Waals surface area contributed by atoms with Crippen LogP contribution >= 0.6 is 23.5 Å². The summed E-state index contributed by atoms with van der Waals surface area (Å²) in [4.78, 5) is 12.1. The van der Waals surface area contributed by atoms with Gasteiger partial charge in [-0.25, -0.2) is 5.43 Å². The third kappa shape index (κ3) is 5.76. The van der Waals surface area contributed by atoms with Crippen molar-refractivity contribution >= 4 is 35.6 Å². The highest BCUT2D eigenvalue weighted by Crippen LogP contribution is 2.45. The molecule has 0 spiro atoms. The monoisotopic (exact) mass is 448 g/mol. The molecule has 1 amide bonds. The second-order valence-corrected chi connectivity index (χ2v) is 8.89. The Morgan fingerprint density at radius 1 is 1.03 bits per heavy atom. The van der Waals surface area contributed by atoms with Gasteiger partial charge in [-0.3, -0.25) is 4.79 Å². The minimum atomic E-state index is -0.372. The van der Waals surface area contributed by atoms with Crippen LogP contribution < -0.4 is 24.4 Å². The van der Waals surface area contributed by atoms with Crippen molar-refractivity contribution < 1.29 is 23.7 Å². The molecule has 160 valence electrons. The van der Waals surface area contributed by atoms with Crippen LogP contribution in [0.15, 0.2) is 41.5 Å². The molecule has 0 aliphatic carbocycles. The highest BCUT2D eigenvalue weighted by atomic mass is 32.2. The van der Waals surface area contributed by atoms with Crippen LogP contribution in [0.25, 0.3) is 0 Å². The summed E-state index contributed by atoms with van der Waals surface area (Å²) in [6.07, 6.45) is 1.46. The predicted octanol–water partition coefficient (Wildman–Crippen LogP) is 3.72. The number of methoxy groups -OCH3 is 3. The molecule has 1 aliphatic heterocycles. The van der Waals surface area contributed by atoms with Crippen LogP contribution in [-0.4, -0.2) is 51.6 Å². The van der Waals surface area contributed by atoms with Crippen LogP contribution in [0, 0.1) is 0 Å². The zero-order valence-electron chi connectivity index (χ0n) is 17.0. The van der Waals surface area contributed by atoms with Gasteiger partial charge in [0.2, 0.25) is 0 Å². The van der Waals surface area contributed by atoms with Crippen molar-refractivity contribution in [1.29, 1.82) is 0 Å². The van der Waals surface area contributed by atoms with Gasteiger partial charge < -0.3 is 18.9 Å². The molecule has 1 aliphatic rings. The summed E-state index contributed by atoms with van der Waals surface area (Å²) in [6, 6.07) is 11.3. The van der Waals surface area contributed by atoms with E-state index in [-0.39, 0.29) is 12.5 Å². The van der Waals surface area contributed by atoms with Gasteiger partial charge in [-0.1, -0.05) is 12.1 Å². The summed E-state index contributed by atoms with van der Waals surface area (Å²) in [5.41, 5.74) is 4.30. The van der Waals surface area contributed by atoms with E-state index in [4.69, 9.17) is 18.9 Å². The lowest BCUT2D eigenvalue weighted by Gasteiger charge is -2.12. The minimum Gasteiger partial charge on any atom is -0.496 e. The van der Waals surface area contributed by atoms with E-state index in [0.717, 1.165) is 0 Å². The molecule has 0 radical (unpaired) electrons. The molecule has 0 saturated carbocycles. The number of carbonyl (C=O) groups excluding carboxylic acids is 1. The number of nitrogens with one attached hydrogen (secondary N) is 1. The Kier molecular flexibility index (Phi) is 8.15. The average molecular weight is 449 g/mol. The number of benzene rings is 2. The normalized spacial score (nSPS) is 14.0. The summed E-state index contributed by atoms with van der Waals surface area (Å²) < 4.78 is 21.9. The maximum Gasteiger partial charge on any atom is 0.277 e. The molecule has 2 aromatic rings. The van der Waals surface area contributed by atoms with Crippen LogP contribution in [0.3, 0.4) is 0 Å². The lowest BCUT2D eigenvalue weighted by molar-refractivity contribution is -0.123. The van der Waals surface area contributed by atoms with E-state index < -0.39 is 0 Å². The van der Waals surface area contributed by atoms with Crippen molar-refractivity contribution in [2.45, 2.75) is 4.58 Å². The number of thioether (sulfide) groups is 2. The van der Waals surface area contributed by atoms with Crippen LogP contribution in [0.2, 0.25) is 0 Å². The standard InChI is InChI=1S/C21H24N2O5S2/c1-25-16-10-18(26-2)17(19(11-16)27-3)12-22-23-20(24)13-28-15-6-4-14(5-7-15)21-29-8-9-30-21/h4-7,10-12,21H,8-9,13H2,1-3H3,(H,23,24)/b22-12-. The maximum absolute atomic E-state index is 12.1. The van der Waals surface area contributed by atoms with Crippen molar-refractivity contribution in [2.75, 3.05) is 39.4 Å². The first-order valence-corrected chi connectivity index (χ1v) is 11.3. The lowest BCUT2D eigenvalue weighted by Crippen LogP contribution is -2.24. The number of hydrogen-bond donors (Lipinski definition) is 1. The second-order valence-electron chi connectivity index (χ2n) is 6.17. The van der Waals surface area contributed by atoms with Gasteiger partial charge in [0.15, 0.2) is 6.61 Å². The molecule has 9 heteroatoms. The lowest BCUT2D eigenvalue weighted by atomic mass is 10.2. The molecule has 1 heterocycles. The average Bonchev–Trinajstić information content (AvgIpc) is 3.32. The van der Waals surface area contributed by atoms with Gasteiger partial charge in [0.25, 0.3) is 5.91 Å². The highest BCUT2D eigenvalue weighted by Gasteiger charge is 2.18. The third-order valence-corrected chi connectivity index (χ3v) is 7.38. The van der Waals surface area contributed by atoms with Gasteiger partial charge >= 0.3 is 0 Å². The van der Waals surface area contributed by atoms with Gasteiger partial charge in [0, 0.05) is 23.6 Å². The first-order valence-electron chi connectivity index (χ1n) is 9.22. The van der Waals surface area contributed by atoms with E-state index in [2.05, 4.69) is 10.5 Å². The molecule has 0 aromatic heterocycles. The first kappa shape index (κ1) is 22.2. The van der Waals surface area contributed by atoms with Crippen LogP contribution in [0.4, 0.5) is 0 Å². The molecule has 30 heavy (non-hydrogen) atoms. The quantitative estimate of drug-likeness (QED) is 0.463. The van der Waals surface area contributed by atoms with Crippen molar-refractivity contribution in [1.82, 2.24) is 5.43 Å². The predicted molar refractivity (Wildman–Crippen MR) is 121 cm³/mol. The van der Waals surface area contributed by atoms with E-state index in [1.807, 2.05) is 47.8 Å². The van der Waals surface area contributed by atoms with E-state index in [0.29, 0.717) is 33.1 Å². The van der Waals surface area contributed by atoms with Crippen LogP contribution in [-0.2, 0) is 4.79 Å². The zero-order valence-corrected chi connectivity index (χ0v) is 18.7. The molecule has 1 saturated heterocycles. The summed E-state index contributed by atoms with van der Waals surface area (Å²) in [6.45, 7) is -0.138. The van der Waals surface area contributed by atoms with Crippen LogP contribution in [0.5, 0.6) is 23.0 Å². The van der Waals surface area contributed by atoms with Gasteiger partial charge in [-0.05, 0) is 17.7 Å². The van der Waals surface area contributed by atoms with Crippen molar-refractivity contribution in [2.24, 2.45) is 5.10 Å². The van der Waals surface area contributed by atoms with Crippen molar-refractivity contribution in [3.8, 4) is 23.0 Å². The Labute approximate surface area is 184 Å². The molecular formula is C21H24N2O5S2.